The maximum Gasteiger partial charge on any atom is 0.221 e. The number of thioether (sulfide) groups is 1. The highest BCUT2D eigenvalue weighted by atomic mass is 32.2. The number of nitrogen functional groups attached to an aromatic ring is 1. The van der Waals surface area contributed by atoms with Crippen molar-refractivity contribution in [3.63, 3.8) is 0 Å². The summed E-state index contributed by atoms with van der Waals surface area (Å²) in [4.78, 5) is 8.15. The Morgan fingerprint density at radius 3 is 2.93 bits per heavy atom. The Kier molecular flexibility index (Phi) is 4.20. The number of hydrogen-bond donors (Lipinski definition) is 1. The number of aromatic nitrogens is 2. The molecule has 0 aliphatic heterocycles. The molecule has 1 rings (SSSR count). The number of aryl methyl sites for hydroxylation is 1. The minimum atomic E-state index is 0.363. The standard InChI is InChI=1S/C10H17N3S/c1-4-7(2)6-14-9-8(3)5-12-10(11)13-9/h5,7H,4,6H2,1-3H3,(H2,11,12,13). The van der Waals surface area contributed by atoms with Crippen molar-refractivity contribution >= 4 is 17.7 Å². The van der Waals surface area contributed by atoms with Crippen molar-refractivity contribution in [2.75, 3.05) is 11.5 Å². The molecule has 1 unspecified atom stereocenters. The summed E-state index contributed by atoms with van der Waals surface area (Å²) in [5, 5.41) is 1.01. The Balaban J connectivity index is 2.62. The van der Waals surface area contributed by atoms with Gasteiger partial charge in [-0.15, -0.1) is 11.8 Å². The Hall–Kier alpha value is -0.770. The average molecular weight is 211 g/mol. The van der Waals surface area contributed by atoms with E-state index in [1.807, 2.05) is 6.92 Å². The molecule has 78 valence electrons. The van der Waals surface area contributed by atoms with Crippen LogP contribution in [0.4, 0.5) is 5.95 Å². The number of rotatable bonds is 4. The van der Waals surface area contributed by atoms with E-state index in [1.165, 1.54) is 6.42 Å². The van der Waals surface area contributed by atoms with Crippen LogP contribution in [0, 0.1) is 12.8 Å². The molecule has 4 heteroatoms. The number of hydrogen-bond acceptors (Lipinski definition) is 4. The van der Waals surface area contributed by atoms with Crippen LogP contribution in [0.25, 0.3) is 0 Å². The van der Waals surface area contributed by atoms with Gasteiger partial charge in [0.05, 0.1) is 0 Å². The highest BCUT2D eigenvalue weighted by molar-refractivity contribution is 7.99. The van der Waals surface area contributed by atoms with E-state index in [4.69, 9.17) is 5.73 Å². The molecule has 1 aromatic rings. The fourth-order valence-electron chi connectivity index (χ4n) is 0.924. The lowest BCUT2D eigenvalue weighted by molar-refractivity contribution is 0.636. The van der Waals surface area contributed by atoms with Gasteiger partial charge in [0, 0.05) is 11.9 Å². The van der Waals surface area contributed by atoms with E-state index in [-0.39, 0.29) is 0 Å². The Bertz CT molecular complexity index is 301. The fraction of sp³-hybridized carbons (Fsp3) is 0.600. The zero-order chi connectivity index (χ0) is 10.6. The lowest BCUT2D eigenvalue weighted by Crippen LogP contribution is -2.00. The van der Waals surface area contributed by atoms with Crippen LogP contribution in [0.2, 0.25) is 0 Å². The molecule has 0 aromatic carbocycles. The summed E-state index contributed by atoms with van der Waals surface area (Å²) in [5.74, 6) is 2.17. The molecule has 3 nitrogen and oxygen atoms in total. The van der Waals surface area contributed by atoms with Gasteiger partial charge in [0.15, 0.2) is 0 Å². The summed E-state index contributed by atoms with van der Waals surface area (Å²) in [7, 11) is 0. The van der Waals surface area contributed by atoms with Crippen LogP contribution >= 0.6 is 11.8 Å². The lowest BCUT2D eigenvalue weighted by Gasteiger charge is -2.08. The largest absolute Gasteiger partial charge is 0.368 e. The summed E-state index contributed by atoms with van der Waals surface area (Å²) >= 11 is 1.76. The van der Waals surface area contributed by atoms with Crippen molar-refractivity contribution < 1.29 is 0 Å². The molecule has 1 aromatic heterocycles. The molecule has 0 amide bonds. The topological polar surface area (TPSA) is 51.8 Å². The predicted molar refractivity (Wildman–Crippen MR) is 61.4 cm³/mol. The molecule has 14 heavy (non-hydrogen) atoms. The molecule has 2 N–H and O–H groups in total. The molecule has 0 saturated heterocycles. The second-order valence-corrected chi connectivity index (χ2v) is 4.55. The molecule has 0 radical (unpaired) electrons. The first-order valence-electron chi connectivity index (χ1n) is 4.85. The van der Waals surface area contributed by atoms with Crippen LogP contribution in [-0.2, 0) is 0 Å². The summed E-state index contributed by atoms with van der Waals surface area (Å²) in [5.41, 5.74) is 6.63. The molecule has 0 aliphatic carbocycles. The van der Waals surface area contributed by atoms with Gasteiger partial charge in [0.25, 0.3) is 0 Å². The third-order valence-corrected chi connectivity index (χ3v) is 3.57. The minimum Gasteiger partial charge on any atom is -0.368 e. The van der Waals surface area contributed by atoms with Crippen molar-refractivity contribution in [2.45, 2.75) is 32.2 Å². The third kappa shape index (κ3) is 3.18. The molecule has 0 fully saturated rings. The summed E-state index contributed by atoms with van der Waals surface area (Å²) in [6.07, 6.45) is 2.98. The first-order chi connectivity index (χ1) is 6.63. The quantitative estimate of drug-likeness (QED) is 0.614. The molecular weight excluding hydrogens is 194 g/mol. The summed E-state index contributed by atoms with van der Waals surface area (Å²) < 4.78 is 0. The summed E-state index contributed by atoms with van der Waals surface area (Å²) in [6, 6.07) is 0. The van der Waals surface area contributed by atoms with Crippen LogP contribution in [-0.4, -0.2) is 15.7 Å². The van der Waals surface area contributed by atoms with Crippen LogP contribution in [0.5, 0.6) is 0 Å². The van der Waals surface area contributed by atoms with E-state index >= 15 is 0 Å². The van der Waals surface area contributed by atoms with Crippen LogP contribution in [0.1, 0.15) is 25.8 Å². The van der Waals surface area contributed by atoms with Gasteiger partial charge in [-0.2, -0.15) is 0 Å². The van der Waals surface area contributed by atoms with Crippen LogP contribution in [0.15, 0.2) is 11.2 Å². The smallest absolute Gasteiger partial charge is 0.221 e. The first kappa shape index (κ1) is 11.3. The van der Waals surface area contributed by atoms with Crippen LogP contribution < -0.4 is 5.73 Å². The van der Waals surface area contributed by atoms with Crippen molar-refractivity contribution in [1.82, 2.24) is 9.97 Å². The van der Waals surface area contributed by atoms with E-state index < -0.39 is 0 Å². The number of nitrogens with zero attached hydrogens (tertiary/aromatic N) is 2. The van der Waals surface area contributed by atoms with E-state index in [2.05, 4.69) is 23.8 Å². The monoisotopic (exact) mass is 211 g/mol. The van der Waals surface area contributed by atoms with Gasteiger partial charge in [-0.25, -0.2) is 9.97 Å². The zero-order valence-electron chi connectivity index (χ0n) is 8.95. The van der Waals surface area contributed by atoms with Crippen molar-refractivity contribution in [2.24, 2.45) is 5.92 Å². The third-order valence-electron chi connectivity index (χ3n) is 2.15. The Morgan fingerprint density at radius 1 is 1.57 bits per heavy atom. The zero-order valence-corrected chi connectivity index (χ0v) is 9.77. The molecule has 0 bridgehead atoms. The Labute approximate surface area is 89.5 Å². The van der Waals surface area contributed by atoms with Gasteiger partial charge in [-0.05, 0) is 18.4 Å². The molecule has 1 atom stereocenters. The van der Waals surface area contributed by atoms with Gasteiger partial charge in [-0.1, -0.05) is 20.3 Å². The fourth-order valence-corrected chi connectivity index (χ4v) is 2.04. The SMILES string of the molecule is CCC(C)CSc1nc(N)ncc1C. The summed E-state index contributed by atoms with van der Waals surface area (Å²) in [6.45, 7) is 6.46. The first-order valence-corrected chi connectivity index (χ1v) is 5.84. The number of nitrogens with two attached hydrogens (primary N) is 1. The van der Waals surface area contributed by atoms with Crippen molar-refractivity contribution in [1.29, 1.82) is 0 Å². The average Bonchev–Trinajstić information content (AvgIpc) is 2.19. The Morgan fingerprint density at radius 2 is 2.29 bits per heavy atom. The predicted octanol–water partition coefficient (Wildman–Crippen LogP) is 2.51. The molecule has 0 spiro atoms. The van der Waals surface area contributed by atoms with Crippen LogP contribution in [0.3, 0.4) is 0 Å². The maximum absolute atomic E-state index is 5.53. The second kappa shape index (κ2) is 5.20. The van der Waals surface area contributed by atoms with Gasteiger partial charge < -0.3 is 5.73 Å². The van der Waals surface area contributed by atoms with Gasteiger partial charge in [-0.3, -0.25) is 0 Å². The van der Waals surface area contributed by atoms with E-state index in [1.54, 1.807) is 18.0 Å². The normalized spacial score (nSPS) is 12.8. The highest BCUT2D eigenvalue weighted by Gasteiger charge is 2.05. The molecule has 0 aliphatic rings. The highest BCUT2D eigenvalue weighted by Crippen LogP contribution is 2.23. The molecule has 0 saturated carbocycles. The van der Waals surface area contributed by atoms with E-state index in [0.717, 1.165) is 22.3 Å². The minimum absolute atomic E-state index is 0.363. The molecular formula is C10H17N3S. The van der Waals surface area contributed by atoms with Gasteiger partial charge in [0.1, 0.15) is 5.03 Å². The van der Waals surface area contributed by atoms with E-state index in [0.29, 0.717) is 5.95 Å². The van der Waals surface area contributed by atoms with Gasteiger partial charge >= 0.3 is 0 Å². The van der Waals surface area contributed by atoms with E-state index in [9.17, 15) is 0 Å². The maximum atomic E-state index is 5.53. The molecule has 1 heterocycles. The number of anilines is 1. The van der Waals surface area contributed by atoms with Crippen molar-refractivity contribution in [3.8, 4) is 0 Å². The van der Waals surface area contributed by atoms with Crippen molar-refractivity contribution in [3.05, 3.63) is 11.8 Å². The van der Waals surface area contributed by atoms with Gasteiger partial charge in [0.2, 0.25) is 5.95 Å². The second-order valence-electron chi connectivity index (χ2n) is 3.54. The lowest BCUT2D eigenvalue weighted by atomic mass is 10.2.